The molecule has 0 saturated carbocycles. The van der Waals surface area contributed by atoms with Crippen LogP contribution in [0.25, 0.3) is 0 Å². The van der Waals surface area contributed by atoms with Crippen molar-refractivity contribution < 1.29 is 26.3 Å². The Morgan fingerprint density at radius 3 is 2.38 bits per heavy atom. The molecule has 1 atom stereocenters. The van der Waals surface area contributed by atoms with E-state index in [0.717, 1.165) is 5.56 Å². The van der Waals surface area contributed by atoms with Crippen LogP contribution in [0, 0.1) is 6.92 Å². The van der Waals surface area contributed by atoms with Crippen LogP contribution in [-0.4, -0.2) is 5.91 Å². The van der Waals surface area contributed by atoms with Crippen LogP contribution in [0.4, 0.5) is 0 Å². The van der Waals surface area contributed by atoms with Crippen molar-refractivity contribution in [1.82, 2.24) is 5.32 Å². The fourth-order valence-electron chi connectivity index (χ4n) is 2.05. The number of carbonyl (C=O) groups is 1. The minimum atomic E-state index is 0. The maximum Gasteiger partial charge on any atom is 0.226 e. The Hall–Kier alpha value is -1.68. The van der Waals surface area contributed by atoms with Gasteiger partial charge in [0.1, 0.15) is 0 Å². The average Bonchev–Trinajstić information content (AvgIpc) is 2.47. The summed E-state index contributed by atoms with van der Waals surface area (Å²) in [5.74, 6) is 0.0782. The van der Waals surface area contributed by atoms with Crippen LogP contribution in [-0.2, 0) is 11.3 Å². The topological polar surface area (TPSA) is 33.0 Å². The molecule has 1 N–H and O–H groups in total. The van der Waals surface area contributed by atoms with Crippen molar-refractivity contribution in [3.8, 4) is 0 Å². The summed E-state index contributed by atoms with van der Waals surface area (Å²) in [5, 5.41) is 3.03. The van der Waals surface area contributed by atoms with E-state index in [1.807, 2.05) is 66.3 Å². The molecule has 4 heteroatoms. The summed E-state index contributed by atoms with van der Waals surface area (Å²) in [4.78, 5) is 11.9. The summed E-state index contributed by atoms with van der Waals surface area (Å²) in [6.45, 7) is 4.76. The molecule has 0 radical (unpaired) electrons. The molecule has 2 rings (SSSR count). The third-order valence-electron chi connectivity index (χ3n) is 3.33. The predicted octanol–water partition coefficient (Wildman–Crippen LogP) is -0.446. The molecule has 0 fully saturated rings. The first-order chi connectivity index (χ1) is 9.65. The molecule has 0 spiro atoms. The summed E-state index contributed by atoms with van der Waals surface area (Å²) in [5.41, 5.74) is 2.35. The van der Waals surface area contributed by atoms with Gasteiger partial charge >= 0.3 is 0 Å². The zero-order valence-corrected chi connectivity index (χ0v) is 14.0. The molecule has 1 aromatic carbocycles. The number of hydrogen-bond acceptors (Lipinski definition) is 1. The van der Waals surface area contributed by atoms with Gasteiger partial charge in [0.15, 0.2) is 18.9 Å². The van der Waals surface area contributed by atoms with Crippen molar-refractivity contribution in [3.05, 3.63) is 66.0 Å². The largest absolute Gasteiger partial charge is 1.00 e. The summed E-state index contributed by atoms with van der Waals surface area (Å²) in [6.07, 6.45) is 4.50. The van der Waals surface area contributed by atoms with E-state index in [-0.39, 0.29) is 28.9 Å². The highest BCUT2D eigenvalue weighted by Crippen LogP contribution is 2.10. The fraction of sp³-hybridized carbons (Fsp3) is 0.294. The van der Waals surface area contributed by atoms with Gasteiger partial charge in [-0.2, -0.15) is 0 Å². The van der Waals surface area contributed by atoms with Crippen LogP contribution in [0.1, 0.15) is 30.5 Å². The van der Waals surface area contributed by atoms with E-state index < -0.39 is 0 Å². The molecule has 21 heavy (non-hydrogen) atoms. The highest BCUT2D eigenvalue weighted by atomic mass is 79.9. The number of hydrogen-bond donors (Lipinski definition) is 1. The van der Waals surface area contributed by atoms with Crippen molar-refractivity contribution >= 4 is 5.91 Å². The number of nitrogens with zero attached hydrogens (tertiary/aromatic N) is 1. The average molecular weight is 349 g/mol. The Labute approximate surface area is 136 Å². The maximum atomic E-state index is 11.9. The molecule has 3 nitrogen and oxygen atoms in total. The van der Waals surface area contributed by atoms with Gasteiger partial charge in [-0.3, -0.25) is 4.79 Å². The summed E-state index contributed by atoms with van der Waals surface area (Å²) in [6, 6.07) is 14.1. The van der Waals surface area contributed by atoms with E-state index in [1.165, 1.54) is 5.56 Å². The van der Waals surface area contributed by atoms with Gasteiger partial charge in [0.25, 0.3) is 0 Å². The standard InChI is InChI=1S/C17H20N2O.BrH/c1-14-8-11-19(12-9-14)13-10-17(20)18-15(2)16-6-4-3-5-7-16;/h3-9,11-12,15H,10,13H2,1-2H3;1H. The quantitative estimate of drug-likeness (QED) is 0.730. The van der Waals surface area contributed by atoms with Crippen LogP contribution in [0.2, 0.25) is 0 Å². The second-order valence-corrected chi connectivity index (χ2v) is 5.06. The second-order valence-electron chi connectivity index (χ2n) is 5.06. The number of nitrogens with one attached hydrogen (secondary N) is 1. The van der Waals surface area contributed by atoms with Crippen molar-refractivity contribution in [3.63, 3.8) is 0 Å². The molecule has 0 aliphatic heterocycles. The fourth-order valence-corrected chi connectivity index (χ4v) is 2.05. The third kappa shape index (κ3) is 5.68. The number of benzene rings is 1. The summed E-state index contributed by atoms with van der Waals surface area (Å²) >= 11 is 0. The summed E-state index contributed by atoms with van der Waals surface area (Å²) < 4.78 is 2.03. The van der Waals surface area contributed by atoms with Crippen molar-refractivity contribution in [2.75, 3.05) is 0 Å². The Kier molecular flexibility index (Phi) is 7.09. The van der Waals surface area contributed by atoms with E-state index in [4.69, 9.17) is 0 Å². The molecule has 0 aliphatic carbocycles. The van der Waals surface area contributed by atoms with Gasteiger partial charge in [0.05, 0.1) is 12.5 Å². The van der Waals surface area contributed by atoms with Gasteiger partial charge in [-0.25, -0.2) is 4.57 Å². The van der Waals surface area contributed by atoms with Crippen LogP contribution in [0.3, 0.4) is 0 Å². The number of carbonyl (C=O) groups excluding carboxylic acids is 1. The third-order valence-corrected chi connectivity index (χ3v) is 3.33. The van der Waals surface area contributed by atoms with Gasteiger partial charge in [-0.05, 0) is 25.0 Å². The lowest BCUT2D eigenvalue weighted by Gasteiger charge is -2.13. The first kappa shape index (κ1) is 17.4. The predicted molar refractivity (Wildman–Crippen MR) is 79.0 cm³/mol. The number of halogens is 1. The molecule has 0 aliphatic rings. The monoisotopic (exact) mass is 348 g/mol. The van der Waals surface area contributed by atoms with Crippen molar-refractivity contribution in [1.29, 1.82) is 0 Å². The molecule has 112 valence electrons. The van der Waals surface area contributed by atoms with Crippen molar-refractivity contribution in [2.45, 2.75) is 32.9 Å². The molecule has 0 saturated heterocycles. The molecule has 1 aromatic heterocycles. The maximum absolute atomic E-state index is 11.9. The zero-order chi connectivity index (χ0) is 14.4. The van der Waals surface area contributed by atoms with E-state index in [1.54, 1.807) is 0 Å². The van der Waals surface area contributed by atoms with Crippen LogP contribution in [0.5, 0.6) is 0 Å². The molecule has 1 amide bonds. The Morgan fingerprint density at radius 1 is 1.14 bits per heavy atom. The normalized spacial score (nSPS) is 11.3. The van der Waals surface area contributed by atoms with E-state index in [2.05, 4.69) is 12.2 Å². The highest BCUT2D eigenvalue weighted by molar-refractivity contribution is 5.76. The minimum absolute atomic E-state index is 0. The van der Waals surface area contributed by atoms with E-state index >= 15 is 0 Å². The first-order valence-corrected chi connectivity index (χ1v) is 6.95. The van der Waals surface area contributed by atoms with Gasteiger partial charge < -0.3 is 22.3 Å². The lowest BCUT2D eigenvalue weighted by molar-refractivity contribution is -0.695. The van der Waals surface area contributed by atoms with E-state index in [9.17, 15) is 4.79 Å². The van der Waals surface area contributed by atoms with Crippen LogP contribution >= 0.6 is 0 Å². The van der Waals surface area contributed by atoms with Crippen molar-refractivity contribution in [2.24, 2.45) is 0 Å². The van der Waals surface area contributed by atoms with Crippen LogP contribution < -0.4 is 26.9 Å². The number of aryl methyl sites for hydroxylation is 2. The van der Waals surface area contributed by atoms with Gasteiger partial charge in [0.2, 0.25) is 5.91 Å². The van der Waals surface area contributed by atoms with Crippen LogP contribution in [0.15, 0.2) is 54.9 Å². The lowest BCUT2D eigenvalue weighted by Crippen LogP contribution is -3.00. The van der Waals surface area contributed by atoms with Gasteiger partial charge in [-0.1, -0.05) is 30.3 Å². The first-order valence-electron chi connectivity index (χ1n) is 6.95. The van der Waals surface area contributed by atoms with Gasteiger partial charge in [-0.15, -0.1) is 0 Å². The molecule has 2 aromatic rings. The Balaban J connectivity index is 0.00000220. The molecule has 1 heterocycles. The minimum Gasteiger partial charge on any atom is -1.00 e. The summed E-state index contributed by atoms with van der Waals surface area (Å²) in [7, 11) is 0. The molecule has 0 bridgehead atoms. The number of amides is 1. The smallest absolute Gasteiger partial charge is 0.226 e. The van der Waals surface area contributed by atoms with E-state index in [0.29, 0.717) is 13.0 Å². The SMILES string of the molecule is Cc1cc[n+](CCC(=O)NC(C)c2ccccc2)cc1.[Br-]. The Bertz CT molecular complexity index is 555. The molecular formula is C17H21BrN2O. The lowest BCUT2D eigenvalue weighted by atomic mass is 10.1. The number of aromatic nitrogens is 1. The zero-order valence-electron chi connectivity index (χ0n) is 12.4. The molecular weight excluding hydrogens is 328 g/mol. The number of pyridine rings is 1. The molecule has 1 unspecified atom stereocenters. The highest BCUT2D eigenvalue weighted by Gasteiger charge is 2.11. The number of rotatable bonds is 5. The second kappa shape index (κ2) is 8.57. The Morgan fingerprint density at radius 2 is 1.76 bits per heavy atom. The van der Waals surface area contributed by atoms with Gasteiger partial charge in [0, 0.05) is 12.1 Å².